The molecule has 0 spiro atoms. The summed E-state index contributed by atoms with van der Waals surface area (Å²) < 4.78 is 5.06. The molecule has 0 aromatic heterocycles. The van der Waals surface area contributed by atoms with Gasteiger partial charge in [0.05, 0.1) is 7.11 Å². The number of amides is 2. The summed E-state index contributed by atoms with van der Waals surface area (Å²) in [5.41, 5.74) is 0.854. The largest absolute Gasteiger partial charge is 0.508 e. The first-order valence-electron chi connectivity index (χ1n) is 7.09. The summed E-state index contributed by atoms with van der Waals surface area (Å²) in [5.74, 6) is 0.0887. The molecule has 0 saturated carbocycles. The number of aromatic hydroxyl groups is 1. The summed E-state index contributed by atoms with van der Waals surface area (Å²) >= 11 is 0. The second-order valence-corrected chi connectivity index (χ2v) is 4.79. The van der Waals surface area contributed by atoms with Crippen LogP contribution in [0.5, 0.6) is 11.5 Å². The first kappa shape index (κ1) is 16.4. The molecule has 0 heterocycles. The number of benzene rings is 2. The van der Waals surface area contributed by atoms with Crippen LogP contribution in [0.25, 0.3) is 0 Å². The van der Waals surface area contributed by atoms with Gasteiger partial charge in [0.25, 0.3) is 11.8 Å². The molecule has 6 heteroatoms. The highest BCUT2D eigenvalue weighted by Gasteiger charge is 2.07. The van der Waals surface area contributed by atoms with Crippen LogP contribution >= 0.6 is 0 Å². The molecule has 0 aliphatic heterocycles. The molecule has 2 aromatic carbocycles. The first-order valence-corrected chi connectivity index (χ1v) is 7.09. The Kier molecular flexibility index (Phi) is 5.57. The number of phenols is 1. The number of ether oxygens (including phenoxy) is 1. The minimum atomic E-state index is -0.309. The van der Waals surface area contributed by atoms with Gasteiger partial charge in [0.1, 0.15) is 11.5 Å². The normalized spacial score (nSPS) is 9.96. The third-order valence-corrected chi connectivity index (χ3v) is 3.14. The highest BCUT2D eigenvalue weighted by atomic mass is 16.5. The molecule has 0 fully saturated rings. The quantitative estimate of drug-likeness (QED) is 0.706. The van der Waals surface area contributed by atoms with Crippen molar-refractivity contribution in [3.63, 3.8) is 0 Å². The maximum absolute atomic E-state index is 12.0. The molecule has 0 aliphatic carbocycles. The van der Waals surface area contributed by atoms with E-state index in [1.807, 2.05) is 0 Å². The van der Waals surface area contributed by atoms with Crippen molar-refractivity contribution < 1.29 is 19.4 Å². The fourth-order valence-electron chi connectivity index (χ4n) is 1.97. The Morgan fingerprint density at radius 3 is 2.09 bits per heavy atom. The Bertz CT molecular complexity index is 700. The zero-order chi connectivity index (χ0) is 16.7. The second kappa shape index (κ2) is 7.84. The lowest BCUT2D eigenvalue weighted by molar-refractivity contribution is 0.0927. The number of carbonyl (C=O) groups is 2. The molecule has 3 N–H and O–H groups in total. The molecule has 23 heavy (non-hydrogen) atoms. The van der Waals surface area contributed by atoms with Crippen LogP contribution in [0.15, 0.2) is 48.5 Å². The third-order valence-electron chi connectivity index (χ3n) is 3.14. The van der Waals surface area contributed by atoms with Crippen LogP contribution in [0.2, 0.25) is 0 Å². The predicted octanol–water partition coefficient (Wildman–Crippen LogP) is 1.56. The fourth-order valence-corrected chi connectivity index (χ4v) is 1.97. The van der Waals surface area contributed by atoms with Crippen molar-refractivity contribution in [1.82, 2.24) is 10.6 Å². The Morgan fingerprint density at radius 1 is 0.957 bits per heavy atom. The Labute approximate surface area is 134 Å². The molecular formula is C17H18N2O4. The molecule has 0 radical (unpaired) electrons. The van der Waals surface area contributed by atoms with Gasteiger partial charge in [-0.1, -0.05) is 12.1 Å². The summed E-state index contributed by atoms with van der Waals surface area (Å²) in [6.45, 7) is 0.574. The molecule has 0 bridgehead atoms. The monoisotopic (exact) mass is 314 g/mol. The van der Waals surface area contributed by atoms with Gasteiger partial charge in [-0.2, -0.15) is 0 Å². The standard InChI is InChI=1S/C17H18N2O4/c1-23-15-7-3-5-13(11-15)17(22)19-9-8-18-16(21)12-4-2-6-14(20)10-12/h2-7,10-11,20H,8-9H2,1H3,(H,18,21)(H,19,22). The van der Waals surface area contributed by atoms with Crippen LogP contribution in [0.1, 0.15) is 20.7 Å². The molecule has 2 aromatic rings. The number of hydrogen-bond donors (Lipinski definition) is 3. The van der Waals surface area contributed by atoms with Gasteiger partial charge >= 0.3 is 0 Å². The topological polar surface area (TPSA) is 87.7 Å². The molecule has 6 nitrogen and oxygen atoms in total. The zero-order valence-electron chi connectivity index (χ0n) is 12.7. The maximum atomic E-state index is 12.0. The number of phenolic OH excluding ortho intramolecular Hbond substituents is 1. The van der Waals surface area contributed by atoms with E-state index in [4.69, 9.17) is 4.74 Å². The lowest BCUT2D eigenvalue weighted by atomic mass is 10.2. The molecule has 0 aliphatic rings. The van der Waals surface area contributed by atoms with E-state index < -0.39 is 0 Å². The van der Waals surface area contributed by atoms with Gasteiger partial charge in [0, 0.05) is 24.2 Å². The van der Waals surface area contributed by atoms with Crippen LogP contribution in [-0.2, 0) is 0 Å². The summed E-state index contributed by atoms with van der Waals surface area (Å²) in [5, 5.41) is 14.7. The Morgan fingerprint density at radius 2 is 1.52 bits per heavy atom. The average molecular weight is 314 g/mol. The summed E-state index contributed by atoms with van der Waals surface area (Å²) in [4.78, 5) is 23.8. The molecule has 0 saturated heterocycles. The molecular weight excluding hydrogens is 296 g/mol. The van der Waals surface area contributed by atoms with Crippen LogP contribution in [0.3, 0.4) is 0 Å². The maximum Gasteiger partial charge on any atom is 0.251 e. The summed E-state index contributed by atoms with van der Waals surface area (Å²) in [7, 11) is 1.54. The van der Waals surface area contributed by atoms with Crippen molar-refractivity contribution in [3.05, 3.63) is 59.7 Å². The average Bonchev–Trinajstić information content (AvgIpc) is 2.58. The number of carbonyl (C=O) groups excluding carboxylic acids is 2. The molecule has 0 atom stereocenters. The van der Waals surface area contributed by atoms with Gasteiger partial charge in [0.2, 0.25) is 0 Å². The van der Waals surface area contributed by atoms with Gasteiger partial charge in [-0.15, -0.1) is 0 Å². The SMILES string of the molecule is COc1cccc(C(=O)NCCNC(=O)c2cccc(O)c2)c1. The molecule has 2 rings (SSSR count). The molecule has 2 amide bonds. The highest BCUT2D eigenvalue weighted by Crippen LogP contribution is 2.12. The van der Waals surface area contributed by atoms with E-state index >= 15 is 0 Å². The molecule has 0 unspecified atom stereocenters. The van der Waals surface area contributed by atoms with E-state index in [0.717, 1.165) is 0 Å². The van der Waals surface area contributed by atoms with Crippen LogP contribution in [0, 0.1) is 0 Å². The second-order valence-electron chi connectivity index (χ2n) is 4.79. The Hall–Kier alpha value is -3.02. The zero-order valence-corrected chi connectivity index (χ0v) is 12.7. The lowest BCUT2D eigenvalue weighted by Crippen LogP contribution is -2.34. The van der Waals surface area contributed by atoms with Crippen LogP contribution in [-0.4, -0.2) is 37.1 Å². The lowest BCUT2D eigenvalue weighted by Gasteiger charge is -2.08. The summed E-state index contributed by atoms with van der Waals surface area (Å²) in [6.07, 6.45) is 0. The summed E-state index contributed by atoms with van der Waals surface area (Å²) in [6, 6.07) is 12.9. The van der Waals surface area contributed by atoms with Gasteiger partial charge < -0.3 is 20.5 Å². The van der Waals surface area contributed by atoms with Crippen molar-refractivity contribution in [3.8, 4) is 11.5 Å². The van der Waals surface area contributed by atoms with Gasteiger partial charge in [-0.3, -0.25) is 9.59 Å². The van der Waals surface area contributed by atoms with E-state index in [2.05, 4.69) is 10.6 Å². The van der Waals surface area contributed by atoms with Crippen molar-refractivity contribution >= 4 is 11.8 Å². The van der Waals surface area contributed by atoms with Crippen molar-refractivity contribution in [1.29, 1.82) is 0 Å². The fraction of sp³-hybridized carbons (Fsp3) is 0.176. The van der Waals surface area contributed by atoms with E-state index in [1.54, 1.807) is 36.4 Å². The van der Waals surface area contributed by atoms with E-state index in [-0.39, 0.29) is 24.1 Å². The minimum absolute atomic E-state index is 0.0315. The van der Waals surface area contributed by atoms with Crippen LogP contribution in [0.4, 0.5) is 0 Å². The van der Waals surface area contributed by atoms with E-state index in [1.165, 1.54) is 19.2 Å². The Balaban J connectivity index is 1.78. The van der Waals surface area contributed by atoms with Crippen molar-refractivity contribution in [2.45, 2.75) is 0 Å². The number of rotatable bonds is 6. The van der Waals surface area contributed by atoms with Gasteiger partial charge in [-0.05, 0) is 36.4 Å². The predicted molar refractivity (Wildman–Crippen MR) is 85.8 cm³/mol. The van der Waals surface area contributed by atoms with E-state index in [0.29, 0.717) is 23.4 Å². The highest BCUT2D eigenvalue weighted by molar-refractivity contribution is 5.95. The smallest absolute Gasteiger partial charge is 0.251 e. The number of nitrogens with one attached hydrogen (secondary N) is 2. The number of hydrogen-bond acceptors (Lipinski definition) is 4. The van der Waals surface area contributed by atoms with Gasteiger partial charge in [-0.25, -0.2) is 0 Å². The minimum Gasteiger partial charge on any atom is -0.508 e. The van der Waals surface area contributed by atoms with Crippen molar-refractivity contribution in [2.24, 2.45) is 0 Å². The van der Waals surface area contributed by atoms with Crippen LogP contribution < -0.4 is 15.4 Å². The number of methoxy groups -OCH3 is 1. The third kappa shape index (κ3) is 4.74. The first-order chi connectivity index (χ1) is 11.1. The van der Waals surface area contributed by atoms with Gasteiger partial charge in [0.15, 0.2) is 0 Å². The van der Waals surface area contributed by atoms with E-state index in [9.17, 15) is 14.7 Å². The molecule has 120 valence electrons. The van der Waals surface area contributed by atoms with Crippen molar-refractivity contribution in [2.75, 3.05) is 20.2 Å².